The van der Waals surface area contributed by atoms with Crippen LogP contribution in [0.25, 0.3) is 0 Å². The Kier molecular flexibility index (Phi) is 3.52. The average Bonchev–Trinajstić information content (AvgIpc) is 2.33. The fourth-order valence-corrected chi connectivity index (χ4v) is 2.17. The van der Waals surface area contributed by atoms with Gasteiger partial charge in [0.2, 0.25) is 0 Å². The van der Waals surface area contributed by atoms with Crippen LogP contribution in [0.3, 0.4) is 0 Å². The number of phenolic OH excluding ortho intramolecular Hbond substituents is 1. The molecule has 1 saturated carbocycles. The van der Waals surface area contributed by atoms with E-state index in [0.29, 0.717) is 0 Å². The molecule has 0 bridgehead atoms. The Morgan fingerprint density at radius 3 is 2.59 bits per heavy atom. The third-order valence-electron chi connectivity index (χ3n) is 3.06. The first-order chi connectivity index (χ1) is 8.18. The summed E-state index contributed by atoms with van der Waals surface area (Å²) in [5.74, 6) is -1.07. The van der Waals surface area contributed by atoms with Gasteiger partial charge in [0.05, 0.1) is 6.10 Å². The molecule has 0 amide bonds. The summed E-state index contributed by atoms with van der Waals surface area (Å²) >= 11 is 0. The SMILES string of the molecule is O=C(O)c1cccc(O)c1OC1CCCCC1. The zero-order valence-electron chi connectivity index (χ0n) is 9.56. The van der Waals surface area contributed by atoms with Crippen LogP contribution in [-0.4, -0.2) is 22.3 Å². The predicted octanol–water partition coefficient (Wildman–Crippen LogP) is 2.80. The van der Waals surface area contributed by atoms with Crippen molar-refractivity contribution in [1.29, 1.82) is 0 Å². The third kappa shape index (κ3) is 2.70. The predicted molar refractivity (Wildman–Crippen MR) is 62.6 cm³/mol. The van der Waals surface area contributed by atoms with Gasteiger partial charge in [-0.3, -0.25) is 0 Å². The van der Waals surface area contributed by atoms with E-state index in [-0.39, 0.29) is 23.2 Å². The zero-order valence-corrected chi connectivity index (χ0v) is 9.56. The monoisotopic (exact) mass is 236 g/mol. The van der Waals surface area contributed by atoms with Gasteiger partial charge in [-0.2, -0.15) is 0 Å². The summed E-state index contributed by atoms with van der Waals surface area (Å²) in [5.41, 5.74) is 0.0237. The van der Waals surface area contributed by atoms with Gasteiger partial charge in [0.25, 0.3) is 0 Å². The van der Waals surface area contributed by atoms with Crippen molar-refractivity contribution >= 4 is 5.97 Å². The lowest BCUT2D eigenvalue weighted by atomic mass is 9.97. The summed E-state index contributed by atoms with van der Waals surface area (Å²) in [7, 11) is 0. The van der Waals surface area contributed by atoms with E-state index >= 15 is 0 Å². The van der Waals surface area contributed by atoms with Gasteiger partial charge in [0, 0.05) is 0 Å². The summed E-state index contributed by atoms with van der Waals surface area (Å²) in [6.45, 7) is 0. The Morgan fingerprint density at radius 2 is 1.94 bits per heavy atom. The summed E-state index contributed by atoms with van der Waals surface area (Å²) in [6, 6.07) is 4.40. The Balaban J connectivity index is 2.21. The number of hydrogen-bond acceptors (Lipinski definition) is 3. The van der Waals surface area contributed by atoms with Gasteiger partial charge in [-0.1, -0.05) is 12.5 Å². The second-order valence-electron chi connectivity index (χ2n) is 4.34. The molecule has 0 aliphatic heterocycles. The molecule has 17 heavy (non-hydrogen) atoms. The van der Waals surface area contributed by atoms with Crippen LogP contribution in [0.2, 0.25) is 0 Å². The molecule has 1 aromatic carbocycles. The number of ether oxygens (including phenoxy) is 1. The van der Waals surface area contributed by atoms with E-state index in [1.54, 1.807) is 0 Å². The highest BCUT2D eigenvalue weighted by molar-refractivity contribution is 5.91. The van der Waals surface area contributed by atoms with Crippen molar-refractivity contribution in [3.8, 4) is 11.5 Å². The van der Waals surface area contributed by atoms with Crippen LogP contribution < -0.4 is 4.74 Å². The number of hydrogen-bond donors (Lipinski definition) is 2. The standard InChI is InChI=1S/C13H16O4/c14-11-8-4-7-10(13(15)16)12(11)17-9-5-2-1-3-6-9/h4,7-9,14H,1-3,5-6H2,(H,15,16). The quantitative estimate of drug-likeness (QED) is 0.846. The number of carboxylic acid groups (broad SMARTS) is 1. The third-order valence-corrected chi connectivity index (χ3v) is 3.06. The van der Waals surface area contributed by atoms with Gasteiger partial charge in [0.1, 0.15) is 5.56 Å². The van der Waals surface area contributed by atoms with Crippen LogP contribution in [0.5, 0.6) is 11.5 Å². The average molecular weight is 236 g/mol. The normalized spacial score (nSPS) is 16.7. The topological polar surface area (TPSA) is 66.8 Å². The van der Waals surface area contributed by atoms with Gasteiger partial charge >= 0.3 is 5.97 Å². The van der Waals surface area contributed by atoms with Crippen molar-refractivity contribution in [2.45, 2.75) is 38.2 Å². The number of carbonyl (C=O) groups is 1. The molecule has 1 fully saturated rings. The van der Waals surface area contributed by atoms with E-state index in [9.17, 15) is 9.90 Å². The number of aromatic hydroxyl groups is 1. The van der Waals surface area contributed by atoms with Crippen LogP contribution >= 0.6 is 0 Å². The summed E-state index contributed by atoms with van der Waals surface area (Å²) in [4.78, 5) is 11.0. The second kappa shape index (κ2) is 5.08. The molecule has 4 heteroatoms. The molecule has 0 saturated heterocycles. The Morgan fingerprint density at radius 1 is 1.24 bits per heavy atom. The molecular formula is C13H16O4. The Labute approximate surface area is 99.8 Å². The first-order valence-electron chi connectivity index (χ1n) is 5.90. The minimum atomic E-state index is -1.08. The van der Waals surface area contributed by atoms with Crippen molar-refractivity contribution in [3.63, 3.8) is 0 Å². The van der Waals surface area contributed by atoms with Crippen molar-refractivity contribution in [3.05, 3.63) is 23.8 Å². The van der Waals surface area contributed by atoms with Crippen LogP contribution in [0.15, 0.2) is 18.2 Å². The molecular weight excluding hydrogens is 220 g/mol. The summed E-state index contributed by atoms with van der Waals surface area (Å²) < 4.78 is 5.65. The Bertz CT molecular complexity index is 408. The lowest BCUT2D eigenvalue weighted by Gasteiger charge is -2.24. The molecule has 1 aliphatic carbocycles. The van der Waals surface area contributed by atoms with Crippen molar-refractivity contribution < 1.29 is 19.7 Å². The van der Waals surface area contributed by atoms with E-state index < -0.39 is 5.97 Å². The number of para-hydroxylation sites is 1. The largest absolute Gasteiger partial charge is 0.504 e. The maximum atomic E-state index is 11.0. The highest BCUT2D eigenvalue weighted by Gasteiger charge is 2.21. The lowest BCUT2D eigenvalue weighted by molar-refractivity contribution is 0.0684. The van der Waals surface area contributed by atoms with Gasteiger partial charge in [0.15, 0.2) is 11.5 Å². The minimum Gasteiger partial charge on any atom is -0.504 e. The molecule has 0 heterocycles. The van der Waals surface area contributed by atoms with Crippen LogP contribution in [0.1, 0.15) is 42.5 Å². The summed E-state index contributed by atoms with van der Waals surface area (Å²) in [6.07, 6.45) is 5.27. The molecule has 0 atom stereocenters. The molecule has 0 radical (unpaired) electrons. The van der Waals surface area contributed by atoms with Crippen molar-refractivity contribution in [2.75, 3.05) is 0 Å². The highest BCUT2D eigenvalue weighted by Crippen LogP contribution is 2.33. The molecule has 0 spiro atoms. The molecule has 1 aromatic rings. The minimum absolute atomic E-state index is 0.0233. The molecule has 2 rings (SSSR count). The number of carboxylic acids is 1. The smallest absolute Gasteiger partial charge is 0.339 e. The number of aromatic carboxylic acids is 1. The zero-order chi connectivity index (χ0) is 12.3. The molecule has 2 N–H and O–H groups in total. The van der Waals surface area contributed by atoms with E-state index in [1.807, 2.05) is 0 Å². The maximum absolute atomic E-state index is 11.0. The molecule has 0 unspecified atom stereocenters. The number of rotatable bonds is 3. The van der Waals surface area contributed by atoms with Gasteiger partial charge < -0.3 is 14.9 Å². The fraction of sp³-hybridized carbons (Fsp3) is 0.462. The number of phenols is 1. The highest BCUT2D eigenvalue weighted by atomic mass is 16.5. The van der Waals surface area contributed by atoms with Gasteiger partial charge in [-0.05, 0) is 37.8 Å². The van der Waals surface area contributed by atoms with Crippen LogP contribution in [-0.2, 0) is 0 Å². The van der Waals surface area contributed by atoms with E-state index in [4.69, 9.17) is 9.84 Å². The van der Waals surface area contributed by atoms with E-state index in [2.05, 4.69) is 0 Å². The number of benzene rings is 1. The van der Waals surface area contributed by atoms with E-state index in [1.165, 1.54) is 24.6 Å². The molecule has 4 nitrogen and oxygen atoms in total. The van der Waals surface area contributed by atoms with Gasteiger partial charge in [-0.25, -0.2) is 4.79 Å². The maximum Gasteiger partial charge on any atom is 0.339 e. The fourth-order valence-electron chi connectivity index (χ4n) is 2.17. The van der Waals surface area contributed by atoms with Gasteiger partial charge in [-0.15, -0.1) is 0 Å². The molecule has 1 aliphatic rings. The lowest BCUT2D eigenvalue weighted by Crippen LogP contribution is -2.20. The van der Waals surface area contributed by atoms with Crippen LogP contribution in [0, 0.1) is 0 Å². The van der Waals surface area contributed by atoms with Crippen molar-refractivity contribution in [1.82, 2.24) is 0 Å². The second-order valence-corrected chi connectivity index (χ2v) is 4.34. The van der Waals surface area contributed by atoms with Crippen molar-refractivity contribution in [2.24, 2.45) is 0 Å². The Hall–Kier alpha value is -1.71. The summed E-state index contributed by atoms with van der Waals surface area (Å²) in [5, 5.41) is 18.7. The first-order valence-corrected chi connectivity index (χ1v) is 5.90. The molecule has 92 valence electrons. The van der Waals surface area contributed by atoms with E-state index in [0.717, 1.165) is 25.7 Å². The molecule has 0 aromatic heterocycles. The first kappa shape index (κ1) is 11.8. The van der Waals surface area contributed by atoms with Crippen LogP contribution in [0.4, 0.5) is 0 Å².